The number of hydrogen-bond donors (Lipinski definition) is 0. The number of ether oxygens (including phenoxy) is 1. The molecule has 0 amide bonds. The first-order valence-corrected chi connectivity index (χ1v) is 26.7. The van der Waals surface area contributed by atoms with Gasteiger partial charge in [-0.3, -0.25) is 13.7 Å². The molecule has 4 aromatic heterocycles. The van der Waals surface area contributed by atoms with Crippen molar-refractivity contribution < 1.29 is 27.1 Å². The number of benzene rings is 9. The average molecular weight is 1040 g/mol. The van der Waals surface area contributed by atoms with E-state index >= 15 is 0 Å². The van der Waals surface area contributed by atoms with Gasteiger partial charge in [-0.2, -0.15) is 0 Å². The molecule has 388 valence electrons. The lowest BCUT2D eigenvalue weighted by Crippen LogP contribution is -2.31. The number of aromatic nitrogens is 5. The van der Waals surface area contributed by atoms with Crippen LogP contribution in [0.15, 0.2) is 218 Å². The lowest BCUT2D eigenvalue weighted by atomic mass is 9.78. The summed E-state index contributed by atoms with van der Waals surface area (Å²) in [7, 11) is 0. The minimum atomic E-state index is -0.549. The van der Waals surface area contributed by atoms with Gasteiger partial charge in [0, 0.05) is 39.9 Å². The summed E-state index contributed by atoms with van der Waals surface area (Å²) >= 11 is 0. The van der Waals surface area contributed by atoms with E-state index in [0.29, 0.717) is 62.0 Å². The lowest BCUT2D eigenvalue weighted by molar-refractivity contribution is -0.571. The van der Waals surface area contributed by atoms with Gasteiger partial charge in [0.2, 0.25) is 0 Å². The molecule has 0 radical (unpaired) electrons. The predicted molar refractivity (Wildman–Crippen MR) is 328 cm³/mol. The molecular weight excluding hydrogens is 963 g/mol. The summed E-state index contributed by atoms with van der Waals surface area (Å²) in [6, 6.07) is 36.7. The molecule has 0 saturated heterocycles. The molecule has 13 aromatic rings. The summed E-state index contributed by atoms with van der Waals surface area (Å²) < 4.78 is 133. The fourth-order valence-corrected chi connectivity index (χ4v) is 10.9. The highest BCUT2D eigenvalue weighted by Crippen LogP contribution is 2.44. The van der Waals surface area contributed by atoms with E-state index in [1.54, 1.807) is 24.4 Å². The van der Waals surface area contributed by atoms with Crippen molar-refractivity contribution in [2.75, 3.05) is 0 Å². The zero-order chi connectivity index (χ0) is 65.6. The third-order valence-corrected chi connectivity index (χ3v) is 15.4. The van der Waals surface area contributed by atoms with E-state index in [4.69, 9.17) is 19.3 Å². The molecule has 0 bridgehead atoms. The van der Waals surface area contributed by atoms with Gasteiger partial charge in [-0.15, -0.1) is 0 Å². The number of pyridine rings is 1. The summed E-state index contributed by atoms with van der Waals surface area (Å²) in [5.41, 5.74) is 8.85. The van der Waals surface area contributed by atoms with Crippen molar-refractivity contribution >= 4 is 54.6 Å². The fourth-order valence-electron chi connectivity index (χ4n) is 10.9. The Bertz CT molecular complexity index is 5140. The van der Waals surface area contributed by atoms with Crippen LogP contribution in [0, 0.1) is 12.2 Å². The molecule has 0 aliphatic rings. The smallest absolute Gasteiger partial charge is 0.269 e. The molecule has 1 atom stereocenters. The van der Waals surface area contributed by atoms with Crippen LogP contribution in [-0.4, -0.2) is 18.7 Å². The summed E-state index contributed by atoms with van der Waals surface area (Å²) in [4.78, 5) is 4.97. The molecule has 0 aliphatic carbocycles. The zero-order valence-electron chi connectivity index (χ0n) is 58.6. The van der Waals surface area contributed by atoms with Gasteiger partial charge < -0.3 is 9.30 Å². The minimum Gasteiger partial charge on any atom is -0.458 e. The second-order valence-corrected chi connectivity index (χ2v) is 22.8. The van der Waals surface area contributed by atoms with E-state index in [1.165, 1.54) is 4.57 Å². The van der Waals surface area contributed by atoms with Crippen molar-refractivity contribution in [3.05, 3.63) is 241 Å². The van der Waals surface area contributed by atoms with E-state index < -0.39 is 66.5 Å². The van der Waals surface area contributed by atoms with Crippen LogP contribution in [0.4, 0.5) is 0 Å². The second-order valence-electron chi connectivity index (χ2n) is 22.8. The third-order valence-electron chi connectivity index (χ3n) is 15.4. The van der Waals surface area contributed by atoms with Crippen LogP contribution in [0.5, 0.6) is 11.5 Å². The van der Waals surface area contributed by atoms with Gasteiger partial charge in [-0.1, -0.05) is 214 Å². The number of hydrogen-bond acceptors (Lipinski definition) is 2. The Hall–Kier alpha value is -9.00. The van der Waals surface area contributed by atoms with Crippen LogP contribution in [0.2, 0.25) is 0 Å². The quantitative estimate of drug-likeness (QED) is 0.101. The molecule has 0 saturated carbocycles. The van der Waals surface area contributed by atoms with Crippen LogP contribution in [0.3, 0.4) is 0 Å². The van der Waals surface area contributed by atoms with Crippen molar-refractivity contribution in [1.29, 1.82) is 0 Å². The molecule has 6 nitrogen and oxygen atoms in total. The number of para-hydroxylation sites is 6. The SMILES string of the molecule is [2H]c1c([2H])c([2H])c(-c2cccc(-c3cc(C(C)(C)C)cc(C(C)(C)C)c3)c2-[n+]2[c-]n(-c3cccc(Oc4cc(-n5c6c([2H])c([2H])c([2H])c([2H])c6c6c([2H])c([2H])c([2H])c([2H])c65)c5c6ccccc6n(-c6cc(C(C)C(C)C)ccn6)c5c4)c3)c3ccccc32)c([2H])c1[2H]. The van der Waals surface area contributed by atoms with E-state index in [1.807, 2.05) is 105 Å². The Morgan fingerprint density at radius 1 is 0.532 bits per heavy atom. The number of imidazole rings is 1. The highest BCUT2D eigenvalue weighted by atomic mass is 16.5. The summed E-state index contributed by atoms with van der Waals surface area (Å²) in [5.74, 6) is 1.67. The predicted octanol–water partition coefficient (Wildman–Crippen LogP) is 18.8. The Morgan fingerprint density at radius 3 is 1.86 bits per heavy atom. The van der Waals surface area contributed by atoms with Gasteiger partial charge in [0.05, 0.1) is 68.0 Å². The fraction of sp³-hybridized carbons (Fsp3) is 0.178. The van der Waals surface area contributed by atoms with Gasteiger partial charge >= 0.3 is 0 Å². The Balaban J connectivity index is 1.07. The topological polar surface area (TPSA) is 40.8 Å². The number of nitrogens with zero attached hydrogens (tertiary/aromatic N) is 5. The van der Waals surface area contributed by atoms with Crippen LogP contribution < -0.4 is 9.30 Å². The number of rotatable bonds is 10. The van der Waals surface area contributed by atoms with E-state index in [2.05, 4.69) is 92.9 Å². The van der Waals surface area contributed by atoms with Crippen molar-refractivity contribution in [2.45, 2.75) is 79.1 Å². The Kier molecular flexibility index (Phi) is 8.96. The largest absolute Gasteiger partial charge is 0.458 e. The van der Waals surface area contributed by atoms with E-state index in [0.717, 1.165) is 38.7 Å². The van der Waals surface area contributed by atoms with Crippen LogP contribution in [0.1, 0.15) is 103 Å². The molecule has 0 N–H and O–H groups in total. The maximum absolute atomic E-state index is 9.55. The second kappa shape index (κ2) is 19.2. The monoisotopic (exact) mass is 1040 g/mol. The third kappa shape index (κ3) is 8.67. The Labute approximate surface area is 481 Å². The van der Waals surface area contributed by atoms with Gasteiger partial charge in [-0.05, 0) is 110 Å². The van der Waals surface area contributed by atoms with Gasteiger partial charge in [0.1, 0.15) is 17.3 Å². The van der Waals surface area contributed by atoms with E-state index in [9.17, 15) is 8.22 Å². The first-order chi connectivity index (χ1) is 43.6. The molecule has 0 aliphatic heterocycles. The Morgan fingerprint density at radius 2 is 1.16 bits per heavy atom. The van der Waals surface area contributed by atoms with Crippen LogP contribution in [0.25, 0.3) is 99.8 Å². The lowest BCUT2D eigenvalue weighted by Gasteiger charge is -2.27. The van der Waals surface area contributed by atoms with Crippen molar-refractivity contribution in [3.63, 3.8) is 0 Å². The maximum atomic E-state index is 9.55. The molecule has 13 rings (SSSR count). The molecule has 0 spiro atoms. The summed E-state index contributed by atoms with van der Waals surface area (Å²) in [6.45, 7) is 19.5. The highest BCUT2D eigenvalue weighted by Gasteiger charge is 2.26. The standard InChI is InChI=1S/C73H65N5O/c1-47(2)48(3)50-37-38-74-69(41-50)78-64-34-18-15-29-61(64)70-67(77-62-32-16-13-27-59(62)60-28-14-17-33-63(60)77)44-56(45-68(70)78)79-55-26-21-25-54(43-55)75-46-76(66-36-20-19-35-65(66)75)71-57(49-23-11-10-12-24-49)30-22-31-58(71)51-39-52(72(4,5)6)42-53(40-51)73(7,8)9/h10-45,47-48H,1-9H3/i10D,11D,12D,13D,14D,16D,17D,23D,24D,27D,28D,32D,33D. The molecule has 1 unspecified atom stereocenters. The molecule has 9 aromatic carbocycles. The molecule has 0 fully saturated rings. The first kappa shape index (κ1) is 36.9. The van der Waals surface area contributed by atoms with Crippen LogP contribution in [-0.2, 0) is 10.8 Å². The number of fused-ring (bicyclic) bond motifs is 7. The van der Waals surface area contributed by atoms with E-state index in [-0.39, 0.29) is 62.0 Å². The van der Waals surface area contributed by atoms with Crippen molar-refractivity contribution in [3.8, 4) is 56.6 Å². The zero-order valence-corrected chi connectivity index (χ0v) is 45.6. The van der Waals surface area contributed by atoms with Crippen LogP contribution >= 0.6 is 0 Å². The van der Waals surface area contributed by atoms with Gasteiger partial charge in [-0.25, -0.2) is 4.98 Å². The summed E-state index contributed by atoms with van der Waals surface area (Å²) in [5, 5.41) is 1.19. The molecular formula is C73H65N5O. The molecule has 4 heterocycles. The van der Waals surface area contributed by atoms with Gasteiger partial charge in [0.15, 0.2) is 0 Å². The molecule has 79 heavy (non-hydrogen) atoms. The van der Waals surface area contributed by atoms with Crippen molar-refractivity contribution in [2.24, 2.45) is 5.92 Å². The average Bonchev–Trinajstić information content (AvgIpc) is 1.53. The highest BCUT2D eigenvalue weighted by molar-refractivity contribution is 6.16. The molecule has 6 heteroatoms. The maximum Gasteiger partial charge on any atom is 0.269 e. The van der Waals surface area contributed by atoms with Gasteiger partial charge in [0.25, 0.3) is 6.33 Å². The first-order valence-electron chi connectivity index (χ1n) is 33.2. The normalized spacial score (nSPS) is 15.0. The summed E-state index contributed by atoms with van der Waals surface area (Å²) in [6.07, 6.45) is 5.46. The minimum absolute atomic E-state index is 0.0367. The van der Waals surface area contributed by atoms with Crippen molar-refractivity contribution in [1.82, 2.24) is 18.7 Å².